The van der Waals surface area contributed by atoms with Gasteiger partial charge in [0.15, 0.2) is 5.03 Å². The van der Waals surface area contributed by atoms with Gasteiger partial charge in [-0.05, 0) is 12.3 Å². The highest BCUT2D eigenvalue weighted by atomic mass is 35.5. The van der Waals surface area contributed by atoms with Crippen LogP contribution in [0.2, 0.25) is 0 Å². The minimum Gasteiger partial charge on any atom is -0.332 e. The molecule has 1 aromatic rings. The molecule has 0 aliphatic carbocycles. The van der Waals surface area contributed by atoms with Crippen LogP contribution in [-0.4, -0.2) is 30.3 Å². The smallest absolute Gasteiger partial charge is 0.257 e. The van der Waals surface area contributed by atoms with Crippen LogP contribution in [0.5, 0.6) is 0 Å². The standard InChI is InChI=1S/C11H20ClN3O2S/c1-4-10-13-7-11(14-10)18(16,17)15-9(5-6-12)8(2)3/h7-9,15H,4-6H2,1-3H3,(H,13,14). The number of aromatic amines is 1. The molecular formula is C11H20ClN3O2S. The maximum atomic E-state index is 12.1. The maximum Gasteiger partial charge on any atom is 0.257 e. The van der Waals surface area contributed by atoms with Crippen LogP contribution < -0.4 is 4.72 Å². The van der Waals surface area contributed by atoms with Gasteiger partial charge in [-0.3, -0.25) is 0 Å². The molecule has 0 aliphatic heterocycles. The lowest BCUT2D eigenvalue weighted by molar-refractivity contribution is 0.438. The fourth-order valence-electron chi connectivity index (χ4n) is 1.57. The van der Waals surface area contributed by atoms with Gasteiger partial charge < -0.3 is 4.98 Å². The van der Waals surface area contributed by atoms with Gasteiger partial charge in [-0.25, -0.2) is 18.1 Å². The van der Waals surface area contributed by atoms with Crippen LogP contribution in [0.15, 0.2) is 11.2 Å². The van der Waals surface area contributed by atoms with Crippen LogP contribution in [0, 0.1) is 5.92 Å². The number of nitrogens with one attached hydrogen (secondary N) is 2. The van der Waals surface area contributed by atoms with E-state index < -0.39 is 10.0 Å². The third-order valence-corrected chi connectivity index (χ3v) is 4.38. The third-order valence-electron chi connectivity index (χ3n) is 2.76. The normalized spacial score (nSPS) is 14.1. The maximum absolute atomic E-state index is 12.1. The van der Waals surface area contributed by atoms with Crippen molar-refractivity contribution in [2.24, 2.45) is 5.92 Å². The van der Waals surface area contributed by atoms with Crippen molar-refractivity contribution in [2.45, 2.75) is 44.7 Å². The molecule has 104 valence electrons. The van der Waals surface area contributed by atoms with Crippen molar-refractivity contribution in [3.05, 3.63) is 12.0 Å². The molecule has 2 N–H and O–H groups in total. The molecule has 0 bridgehead atoms. The Morgan fingerprint density at radius 3 is 2.61 bits per heavy atom. The summed E-state index contributed by atoms with van der Waals surface area (Å²) >= 11 is 5.69. The van der Waals surface area contributed by atoms with Gasteiger partial charge in [-0.1, -0.05) is 20.8 Å². The summed E-state index contributed by atoms with van der Waals surface area (Å²) in [7, 11) is -3.54. The molecule has 1 rings (SSSR count). The van der Waals surface area contributed by atoms with Gasteiger partial charge >= 0.3 is 0 Å². The summed E-state index contributed by atoms with van der Waals surface area (Å²) in [5, 5.41) is 0.111. The van der Waals surface area contributed by atoms with E-state index in [1.54, 1.807) is 0 Å². The Labute approximate surface area is 113 Å². The van der Waals surface area contributed by atoms with Gasteiger partial charge in [0.1, 0.15) is 5.82 Å². The molecule has 0 spiro atoms. The van der Waals surface area contributed by atoms with E-state index in [1.165, 1.54) is 6.20 Å². The van der Waals surface area contributed by atoms with Crippen molar-refractivity contribution < 1.29 is 8.42 Å². The fraction of sp³-hybridized carbons (Fsp3) is 0.727. The molecule has 1 atom stereocenters. The second kappa shape index (κ2) is 6.54. The Kier molecular flexibility index (Phi) is 5.62. The SMILES string of the molecule is CCc1ncc(S(=O)(=O)NC(CCCl)C(C)C)[nH]1. The van der Waals surface area contributed by atoms with Crippen molar-refractivity contribution in [1.29, 1.82) is 0 Å². The van der Waals surface area contributed by atoms with E-state index in [2.05, 4.69) is 14.7 Å². The molecule has 0 aliphatic rings. The zero-order valence-corrected chi connectivity index (χ0v) is 12.5. The van der Waals surface area contributed by atoms with Gasteiger partial charge in [-0.2, -0.15) is 0 Å². The zero-order valence-electron chi connectivity index (χ0n) is 10.9. The molecule has 0 fully saturated rings. The molecule has 1 aromatic heterocycles. The first-order valence-corrected chi connectivity index (χ1v) is 8.04. The number of nitrogens with zero attached hydrogens (tertiary/aromatic N) is 1. The Morgan fingerprint density at radius 2 is 2.17 bits per heavy atom. The number of aryl methyl sites for hydroxylation is 1. The number of rotatable bonds is 7. The number of alkyl halides is 1. The molecule has 18 heavy (non-hydrogen) atoms. The highest BCUT2D eigenvalue weighted by Gasteiger charge is 2.23. The fourth-order valence-corrected chi connectivity index (χ4v) is 3.16. The topological polar surface area (TPSA) is 74.8 Å². The second-order valence-corrected chi connectivity index (χ2v) is 6.56. The number of hydrogen-bond acceptors (Lipinski definition) is 3. The highest BCUT2D eigenvalue weighted by Crippen LogP contribution is 2.13. The third kappa shape index (κ3) is 3.96. The zero-order chi connectivity index (χ0) is 13.8. The lowest BCUT2D eigenvalue weighted by atomic mass is 10.0. The number of H-pyrrole nitrogens is 1. The minimum absolute atomic E-state index is 0.111. The van der Waals surface area contributed by atoms with E-state index in [1.807, 2.05) is 20.8 Å². The summed E-state index contributed by atoms with van der Waals surface area (Å²) in [6.07, 6.45) is 2.62. The van der Waals surface area contributed by atoms with Gasteiger partial charge in [-0.15, -0.1) is 11.6 Å². The van der Waals surface area contributed by atoms with Crippen molar-refractivity contribution in [3.8, 4) is 0 Å². The number of imidazole rings is 1. The van der Waals surface area contributed by atoms with E-state index in [0.717, 1.165) is 0 Å². The number of sulfonamides is 1. The summed E-state index contributed by atoms with van der Waals surface area (Å²) in [6, 6.07) is -0.166. The van der Waals surface area contributed by atoms with E-state index in [0.29, 0.717) is 24.5 Å². The predicted octanol–water partition coefficient (Wildman–Crippen LogP) is 1.90. The average Bonchev–Trinajstić information content (AvgIpc) is 2.77. The van der Waals surface area contributed by atoms with Crippen LogP contribution in [0.1, 0.15) is 33.0 Å². The average molecular weight is 294 g/mol. The predicted molar refractivity (Wildman–Crippen MR) is 72.3 cm³/mol. The molecule has 0 aromatic carbocycles. The molecule has 1 unspecified atom stereocenters. The van der Waals surface area contributed by atoms with Crippen LogP contribution >= 0.6 is 11.6 Å². The Morgan fingerprint density at radius 1 is 1.50 bits per heavy atom. The Hall–Kier alpha value is -0.590. The summed E-state index contributed by atoms with van der Waals surface area (Å²) in [5.41, 5.74) is 0. The van der Waals surface area contributed by atoms with Crippen molar-refractivity contribution in [2.75, 3.05) is 5.88 Å². The first kappa shape index (κ1) is 15.5. The Balaban J connectivity index is 2.86. The molecule has 0 saturated heterocycles. The van der Waals surface area contributed by atoms with E-state index in [9.17, 15) is 8.42 Å². The minimum atomic E-state index is -3.54. The molecular weight excluding hydrogens is 274 g/mol. The molecule has 0 amide bonds. The quantitative estimate of drug-likeness (QED) is 0.754. The highest BCUT2D eigenvalue weighted by molar-refractivity contribution is 7.89. The number of halogens is 1. The van der Waals surface area contributed by atoms with Crippen molar-refractivity contribution >= 4 is 21.6 Å². The van der Waals surface area contributed by atoms with Crippen LogP contribution in [0.25, 0.3) is 0 Å². The summed E-state index contributed by atoms with van der Waals surface area (Å²) in [6.45, 7) is 5.83. The van der Waals surface area contributed by atoms with E-state index >= 15 is 0 Å². The number of aromatic nitrogens is 2. The lowest BCUT2D eigenvalue weighted by Gasteiger charge is -2.20. The monoisotopic (exact) mass is 293 g/mol. The first-order chi connectivity index (χ1) is 8.40. The van der Waals surface area contributed by atoms with Crippen molar-refractivity contribution in [1.82, 2.24) is 14.7 Å². The van der Waals surface area contributed by atoms with E-state index in [4.69, 9.17) is 11.6 Å². The van der Waals surface area contributed by atoms with Crippen LogP contribution in [0.3, 0.4) is 0 Å². The number of hydrogen-bond donors (Lipinski definition) is 2. The van der Waals surface area contributed by atoms with Crippen LogP contribution in [0.4, 0.5) is 0 Å². The summed E-state index contributed by atoms with van der Waals surface area (Å²) in [4.78, 5) is 6.79. The van der Waals surface area contributed by atoms with Gasteiger partial charge in [0.25, 0.3) is 10.0 Å². The van der Waals surface area contributed by atoms with Gasteiger partial charge in [0.2, 0.25) is 0 Å². The molecule has 0 saturated carbocycles. The summed E-state index contributed by atoms with van der Waals surface area (Å²) < 4.78 is 26.9. The largest absolute Gasteiger partial charge is 0.332 e. The Bertz CT molecular complexity index is 470. The first-order valence-electron chi connectivity index (χ1n) is 6.02. The molecule has 1 heterocycles. The molecule has 7 heteroatoms. The van der Waals surface area contributed by atoms with Crippen LogP contribution in [-0.2, 0) is 16.4 Å². The van der Waals surface area contributed by atoms with E-state index in [-0.39, 0.29) is 17.0 Å². The lowest BCUT2D eigenvalue weighted by Crippen LogP contribution is -2.39. The molecule has 0 radical (unpaired) electrons. The van der Waals surface area contributed by atoms with Gasteiger partial charge in [0.05, 0.1) is 6.20 Å². The summed E-state index contributed by atoms with van der Waals surface area (Å²) in [5.74, 6) is 1.27. The van der Waals surface area contributed by atoms with Gasteiger partial charge in [0, 0.05) is 18.3 Å². The molecule has 5 nitrogen and oxygen atoms in total. The second-order valence-electron chi connectivity index (χ2n) is 4.50. The van der Waals surface area contributed by atoms with Crippen molar-refractivity contribution in [3.63, 3.8) is 0 Å².